The molecule has 20 rings (SSSR count). The number of rotatable bonds is 11. The molecule has 0 fully saturated rings. The van der Waals surface area contributed by atoms with E-state index in [1.807, 2.05) is 0 Å². The van der Waals surface area contributed by atoms with Gasteiger partial charge < -0.3 is 0 Å². The van der Waals surface area contributed by atoms with Gasteiger partial charge in [0.1, 0.15) is 0 Å². The van der Waals surface area contributed by atoms with Gasteiger partial charge in [-0.1, -0.05) is 0 Å². The minimum atomic E-state index is -0.268. The molecule has 4 aliphatic heterocycles. The van der Waals surface area contributed by atoms with Gasteiger partial charge in [-0.3, -0.25) is 0 Å². The topological polar surface area (TPSA) is 17.9 Å². The molecule has 5 nitrogen and oxygen atoms in total. The van der Waals surface area contributed by atoms with Crippen molar-refractivity contribution < 1.29 is 0 Å². The summed E-state index contributed by atoms with van der Waals surface area (Å²) in [4.78, 5) is 10.1. The number of aromatic nitrogens is 1. The summed E-state index contributed by atoms with van der Waals surface area (Å²) in [7, 11) is 0. The van der Waals surface area contributed by atoms with Crippen molar-refractivity contribution in [2.24, 2.45) is 0 Å². The number of para-hydroxylation sites is 8. The van der Waals surface area contributed by atoms with Crippen LogP contribution in [0.25, 0.3) is 49.7 Å². The van der Waals surface area contributed by atoms with Crippen LogP contribution in [0.1, 0.15) is 0 Å². The second kappa shape index (κ2) is 23.6. The van der Waals surface area contributed by atoms with Crippen molar-refractivity contribution in [3.05, 3.63) is 358 Å². The average Bonchev–Trinajstić information content (AvgIpc) is 1.40. The molecular formula is C90H59B2N5Se2. The fraction of sp³-hybridized carbons (Fsp3) is 0. The third kappa shape index (κ3) is 9.38. The molecule has 0 bridgehead atoms. The van der Waals surface area contributed by atoms with Crippen LogP contribution in [0.3, 0.4) is 0 Å². The van der Waals surface area contributed by atoms with E-state index in [1.54, 1.807) is 0 Å². The van der Waals surface area contributed by atoms with Crippen LogP contribution in [0.4, 0.5) is 68.2 Å². The van der Waals surface area contributed by atoms with Gasteiger partial charge in [0.15, 0.2) is 0 Å². The Labute approximate surface area is 589 Å². The first-order chi connectivity index (χ1) is 49.1. The van der Waals surface area contributed by atoms with Crippen molar-refractivity contribution in [3.8, 4) is 27.9 Å². The van der Waals surface area contributed by atoms with Gasteiger partial charge >= 0.3 is 594 Å². The first-order valence-corrected chi connectivity index (χ1v) is 37.4. The zero-order chi connectivity index (χ0) is 65.1. The molecule has 1 aromatic heterocycles. The van der Waals surface area contributed by atoms with Crippen molar-refractivity contribution in [1.82, 2.24) is 4.57 Å². The van der Waals surface area contributed by atoms with Crippen LogP contribution in [0.15, 0.2) is 358 Å². The summed E-state index contributed by atoms with van der Waals surface area (Å²) in [6.45, 7) is -0.240. The van der Waals surface area contributed by atoms with Crippen molar-refractivity contribution in [1.29, 1.82) is 0 Å². The molecule has 15 aromatic carbocycles. The first-order valence-electron chi connectivity index (χ1n) is 34.0. The zero-order valence-electron chi connectivity index (χ0n) is 53.8. The molecule has 0 radical (unpaired) electrons. The van der Waals surface area contributed by atoms with Gasteiger partial charge in [-0.25, -0.2) is 0 Å². The van der Waals surface area contributed by atoms with E-state index in [4.69, 9.17) is 0 Å². The van der Waals surface area contributed by atoms with Crippen LogP contribution in [0, 0.1) is 0 Å². The molecule has 0 saturated carbocycles. The first kappa shape index (κ1) is 57.7. The molecule has 0 amide bonds. The van der Waals surface area contributed by atoms with E-state index in [2.05, 4.69) is 382 Å². The van der Waals surface area contributed by atoms with Gasteiger partial charge in [-0.15, -0.1) is 0 Å². The normalized spacial score (nSPS) is 12.9. The van der Waals surface area contributed by atoms with Crippen LogP contribution < -0.4 is 70.2 Å². The van der Waals surface area contributed by atoms with Gasteiger partial charge in [0.25, 0.3) is 0 Å². The summed E-state index contributed by atoms with van der Waals surface area (Å²) in [6, 6.07) is 134. The van der Waals surface area contributed by atoms with E-state index in [1.165, 1.54) is 123 Å². The Kier molecular flexibility index (Phi) is 13.8. The van der Waals surface area contributed by atoms with E-state index >= 15 is 0 Å². The van der Waals surface area contributed by atoms with Crippen LogP contribution in [-0.4, -0.2) is 47.9 Å². The fourth-order valence-corrected chi connectivity index (χ4v) is 22.0. The summed E-state index contributed by atoms with van der Waals surface area (Å²) >= 11 is -0.535. The van der Waals surface area contributed by atoms with Gasteiger partial charge in [0.2, 0.25) is 0 Å². The zero-order valence-corrected chi connectivity index (χ0v) is 57.2. The molecule has 0 atom stereocenters. The Morgan fingerprint density at radius 3 is 0.960 bits per heavy atom. The van der Waals surface area contributed by atoms with Crippen LogP contribution in [0.5, 0.6) is 0 Å². The van der Waals surface area contributed by atoms with Crippen molar-refractivity contribution >= 4 is 184 Å². The van der Waals surface area contributed by atoms with Crippen molar-refractivity contribution in [3.63, 3.8) is 0 Å². The third-order valence-corrected chi connectivity index (χ3v) is 25.4. The summed E-state index contributed by atoms with van der Waals surface area (Å²) < 4.78 is 8.40. The van der Waals surface area contributed by atoms with Gasteiger partial charge in [0.05, 0.1) is 0 Å². The molecule has 0 aliphatic carbocycles. The van der Waals surface area contributed by atoms with Crippen molar-refractivity contribution in [2.75, 3.05) is 19.6 Å². The number of fused-ring (bicyclic) bond motifs is 11. The Morgan fingerprint density at radius 1 is 0.253 bits per heavy atom. The standard InChI is InChI=1S/C90H59B2N5Se2/c1-9-29-60(30-10-1)62-49-51-72-73-52-50-63(61-31-11-2-12-32-61)54-81(73)97(80(72)53-62)88-89-76(91-74-45-25-27-47-78(74)95(68-41-21-7-22-42-68)82-55-70(57-84(98-89)86(82)91)93(64-33-13-3-14-34-64)65-35-15-4-16-36-65)59-77-90(88)99-85-58-71(94(66-37-17-5-18-38-66)67-39-19-6-20-40-67)56-83-87(85)92(77)75-46-26-28-48-79(75)96(83)69-43-23-8-24-44-69/h1-59H. The molecule has 99 heavy (non-hydrogen) atoms. The van der Waals surface area contributed by atoms with E-state index in [0.29, 0.717) is 0 Å². The summed E-state index contributed by atoms with van der Waals surface area (Å²) in [5.41, 5.74) is 30.5. The van der Waals surface area contributed by atoms with E-state index < -0.39 is 0 Å². The summed E-state index contributed by atoms with van der Waals surface area (Å²) in [6.07, 6.45) is 0. The molecule has 5 heterocycles. The number of benzene rings is 15. The molecule has 0 unspecified atom stereocenters. The Hall–Kier alpha value is -11.5. The molecule has 9 heteroatoms. The number of anilines is 12. The second-order valence-electron chi connectivity index (χ2n) is 25.9. The predicted octanol–water partition coefficient (Wildman–Crippen LogP) is 15.6. The quantitative estimate of drug-likeness (QED) is 0.120. The van der Waals surface area contributed by atoms with E-state index in [0.717, 1.165) is 45.5 Å². The molecule has 462 valence electrons. The number of hydrogen-bond acceptors (Lipinski definition) is 4. The summed E-state index contributed by atoms with van der Waals surface area (Å²) in [5.74, 6) is 0. The Morgan fingerprint density at radius 2 is 0.586 bits per heavy atom. The van der Waals surface area contributed by atoms with E-state index in [9.17, 15) is 0 Å². The third-order valence-electron chi connectivity index (χ3n) is 20.4. The van der Waals surface area contributed by atoms with Gasteiger partial charge in [0, 0.05) is 0 Å². The average molecular weight is 1390 g/mol. The van der Waals surface area contributed by atoms with E-state index in [-0.39, 0.29) is 43.3 Å². The molecule has 0 N–H and O–H groups in total. The van der Waals surface area contributed by atoms with Gasteiger partial charge in [-0.05, 0) is 0 Å². The minimum absolute atomic E-state index is 0.120. The maximum atomic E-state index is 2.78. The van der Waals surface area contributed by atoms with Crippen LogP contribution >= 0.6 is 0 Å². The number of hydrogen-bond donors (Lipinski definition) is 0. The second-order valence-corrected chi connectivity index (χ2v) is 30.3. The molecule has 0 saturated heterocycles. The fourth-order valence-electron chi connectivity index (χ4n) is 16.2. The Bertz CT molecular complexity index is 5390. The molecule has 16 aromatic rings. The van der Waals surface area contributed by atoms with Crippen LogP contribution in [-0.2, 0) is 0 Å². The molecule has 4 aliphatic rings. The van der Waals surface area contributed by atoms with Crippen molar-refractivity contribution in [2.45, 2.75) is 0 Å². The Balaban J connectivity index is 0.941. The predicted molar refractivity (Wildman–Crippen MR) is 423 cm³/mol. The molecule has 0 spiro atoms. The SMILES string of the molecule is c1ccc(-c2ccc3c4ccc(-c5ccccc5)cc4n(-c4c5c(cc6c4[Se]c4cc(N(c7ccccc7)c7ccccc7)cc7c4B6c4ccccc4N7c4ccccc4)B4c6ccccc6N(c6ccccc6)c6cc(N(c7ccccc7)c7ccccc7)cc(c64)[Se]5)c3c2)cc1. The number of nitrogens with zero attached hydrogens (tertiary/aromatic N) is 5. The summed E-state index contributed by atoms with van der Waals surface area (Å²) in [5, 5.41) is 2.48. The van der Waals surface area contributed by atoms with Crippen LogP contribution in [0.2, 0.25) is 0 Å². The molecular weight excluding hydrogens is 1330 g/mol. The maximum absolute atomic E-state index is 2.78. The van der Waals surface area contributed by atoms with Gasteiger partial charge in [-0.2, -0.15) is 0 Å². The monoisotopic (exact) mass is 1390 g/mol.